The van der Waals surface area contributed by atoms with Gasteiger partial charge in [0.25, 0.3) is 0 Å². The van der Waals surface area contributed by atoms with E-state index in [4.69, 9.17) is 4.74 Å². The highest BCUT2D eigenvalue weighted by Gasteiger charge is 2.23. The van der Waals surface area contributed by atoms with Crippen molar-refractivity contribution < 1.29 is 18.7 Å². The molecule has 0 amide bonds. The largest absolute Gasteiger partial charge is 0.450 e. The minimum atomic E-state index is -0.940. The summed E-state index contributed by atoms with van der Waals surface area (Å²) in [5, 5.41) is 0.761. The Hall–Kier alpha value is -2.08. The molecule has 1 atom stereocenters. The molecule has 6 heteroatoms. The van der Waals surface area contributed by atoms with Crippen molar-refractivity contribution in [2.75, 3.05) is 0 Å². The molecular formula is C15H14FNO3S. The van der Waals surface area contributed by atoms with Crippen LogP contribution in [-0.2, 0) is 4.74 Å². The maximum absolute atomic E-state index is 12.8. The molecule has 0 unspecified atom stereocenters. The zero-order valence-electron chi connectivity index (χ0n) is 11.8. The number of nitrogens with zero attached hydrogens (tertiary/aromatic N) is 1. The molecule has 21 heavy (non-hydrogen) atoms. The number of benzene rings is 1. The maximum Gasteiger partial charge on any atom is 0.350 e. The normalized spacial score (nSPS) is 12.0. The Kier molecular flexibility index (Phi) is 4.47. The third-order valence-electron chi connectivity index (χ3n) is 2.87. The Morgan fingerprint density at radius 1 is 1.24 bits per heavy atom. The van der Waals surface area contributed by atoms with Gasteiger partial charge in [-0.25, -0.2) is 14.2 Å². The van der Waals surface area contributed by atoms with Gasteiger partial charge in [0.2, 0.25) is 5.78 Å². The van der Waals surface area contributed by atoms with Crippen molar-refractivity contribution in [3.05, 3.63) is 51.2 Å². The van der Waals surface area contributed by atoms with Gasteiger partial charge >= 0.3 is 5.97 Å². The lowest BCUT2D eigenvalue weighted by atomic mass is 10.1. The second kappa shape index (κ2) is 6.13. The molecule has 0 aliphatic rings. The molecule has 0 spiro atoms. The molecule has 1 heterocycles. The second-order valence-corrected chi connectivity index (χ2v) is 5.77. The van der Waals surface area contributed by atoms with Gasteiger partial charge in [0.05, 0.1) is 10.7 Å². The van der Waals surface area contributed by atoms with Crippen molar-refractivity contribution in [2.24, 2.45) is 0 Å². The molecular weight excluding hydrogens is 293 g/mol. The molecule has 4 nitrogen and oxygen atoms in total. The number of carbonyl (C=O) groups is 2. The Labute approximate surface area is 125 Å². The van der Waals surface area contributed by atoms with Crippen LogP contribution in [0.2, 0.25) is 0 Å². The van der Waals surface area contributed by atoms with Gasteiger partial charge < -0.3 is 4.74 Å². The van der Waals surface area contributed by atoms with Gasteiger partial charge in [-0.05, 0) is 45.0 Å². The van der Waals surface area contributed by atoms with Crippen molar-refractivity contribution in [3.8, 4) is 0 Å². The number of hydrogen-bond donors (Lipinski definition) is 0. The number of thiazole rings is 1. The molecule has 1 aromatic carbocycles. The van der Waals surface area contributed by atoms with Crippen LogP contribution in [0, 0.1) is 19.7 Å². The number of ether oxygens (including phenoxy) is 1. The van der Waals surface area contributed by atoms with Crippen molar-refractivity contribution in [1.82, 2.24) is 4.98 Å². The van der Waals surface area contributed by atoms with Gasteiger partial charge in [0, 0.05) is 5.56 Å². The van der Waals surface area contributed by atoms with E-state index < -0.39 is 17.9 Å². The van der Waals surface area contributed by atoms with E-state index in [9.17, 15) is 14.0 Å². The van der Waals surface area contributed by atoms with E-state index in [1.54, 1.807) is 13.8 Å². The maximum atomic E-state index is 12.8. The molecule has 1 aromatic heterocycles. The summed E-state index contributed by atoms with van der Waals surface area (Å²) in [4.78, 5) is 28.7. The first-order valence-electron chi connectivity index (χ1n) is 6.33. The van der Waals surface area contributed by atoms with Crippen LogP contribution in [0.15, 0.2) is 24.3 Å². The summed E-state index contributed by atoms with van der Waals surface area (Å²) < 4.78 is 18.0. The number of Topliss-reactive ketones (excluding diaryl/α,β-unsaturated/α-hetero) is 1. The molecule has 2 rings (SSSR count). The van der Waals surface area contributed by atoms with E-state index in [1.807, 2.05) is 0 Å². The summed E-state index contributed by atoms with van der Waals surface area (Å²) >= 11 is 1.23. The van der Waals surface area contributed by atoms with Gasteiger partial charge in [0.1, 0.15) is 10.7 Å². The Bertz CT molecular complexity index is 679. The monoisotopic (exact) mass is 307 g/mol. The number of aromatic nitrogens is 1. The molecule has 2 aromatic rings. The molecule has 0 radical (unpaired) electrons. The highest BCUT2D eigenvalue weighted by atomic mass is 32.1. The zero-order chi connectivity index (χ0) is 15.6. The van der Waals surface area contributed by atoms with Crippen molar-refractivity contribution >= 4 is 23.1 Å². The Morgan fingerprint density at radius 3 is 2.38 bits per heavy atom. The van der Waals surface area contributed by atoms with Crippen molar-refractivity contribution in [3.63, 3.8) is 0 Å². The molecule has 0 saturated heterocycles. The van der Waals surface area contributed by atoms with Crippen LogP contribution in [0.25, 0.3) is 0 Å². The number of halogens is 1. The molecule has 110 valence electrons. The SMILES string of the molecule is Cc1nc(C)c(C(=O)O[C@H](C)C(=O)c2ccc(F)cc2)s1. The Balaban J connectivity index is 2.08. The number of carbonyl (C=O) groups excluding carboxylic acids is 2. The number of rotatable bonds is 4. The van der Waals surface area contributed by atoms with Gasteiger partial charge in [-0.1, -0.05) is 0 Å². The lowest BCUT2D eigenvalue weighted by Crippen LogP contribution is -2.24. The van der Waals surface area contributed by atoms with Crippen LogP contribution < -0.4 is 0 Å². The van der Waals surface area contributed by atoms with Crippen LogP contribution in [0.5, 0.6) is 0 Å². The summed E-state index contributed by atoms with van der Waals surface area (Å²) in [5.74, 6) is -1.37. The van der Waals surface area contributed by atoms with Crippen LogP contribution in [-0.4, -0.2) is 22.8 Å². The molecule has 0 fully saturated rings. The first kappa shape index (κ1) is 15.3. The van der Waals surface area contributed by atoms with E-state index in [2.05, 4.69) is 4.98 Å². The van der Waals surface area contributed by atoms with E-state index in [0.717, 1.165) is 5.01 Å². The average molecular weight is 307 g/mol. The first-order valence-corrected chi connectivity index (χ1v) is 7.15. The molecule has 0 aliphatic heterocycles. The number of esters is 1. The molecule has 0 bridgehead atoms. The minimum absolute atomic E-state index is 0.300. The van der Waals surface area contributed by atoms with Crippen molar-refractivity contribution in [1.29, 1.82) is 0 Å². The molecule has 0 N–H and O–H groups in total. The topological polar surface area (TPSA) is 56.3 Å². The highest BCUT2D eigenvalue weighted by molar-refractivity contribution is 7.13. The van der Waals surface area contributed by atoms with Crippen molar-refractivity contribution in [2.45, 2.75) is 26.9 Å². The van der Waals surface area contributed by atoms with E-state index in [-0.39, 0.29) is 5.78 Å². The number of hydrogen-bond acceptors (Lipinski definition) is 5. The highest BCUT2D eigenvalue weighted by Crippen LogP contribution is 2.19. The van der Waals surface area contributed by atoms with Gasteiger partial charge in [-0.15, -0.1) is 11.3 Å². The van der Waals surface area contributed by atoms with E-state index in [0.29, 0.717) is 16.1 Å². The summed E-state index contributed by atoms with van der Waals surface area (Å²) in [6, 6.07) is 5.12. The van der Waals surface area contributed by atoms with E-state index >= 15 is 0 Å². The summed E-state index contributed by atoms with van der Waals surface area (Å²) in [7, 11) is 0. The van der Waals surface area contributed by atoms with Crippen LogP contribution >= 0.6 is 11.3 Å². The predicted molar refractivity (Wildman–Crippen MR) is 77.2 cm³/mol. The van der Waals surface area contributed by atoms with Crippen LogP contribution in [0.3, 0.4) is 0 Å². The van der Waals surface area contributed by atoms with Crippen LogP contribution in [0.4, 0.5) is 4.39 Å². The third kappa shape index (κ3) is 3.52. The number of ketones is 1. The smallest absolute Gasteiger partial charge is 0.350 e. The van der Waals surface area contributed by atoms with E-state index in [1.165, 1.54) is 42.5 Å². The lowest BCUT2D eigenvalue weighted by molar-refractivity contribution is 0.0322. The minimum Gasteiger partial charge on any atom is -0.450 e. The first-order chi connectivity index (χ1) is 9.88. The fourth-order valence-corrected chi connectivity index (χ4v) is 2.64. The van der Waals surface area contributed by atoms with Crippen LogP contribution in [0.1, 0.15) is 37.7 Å². The summed E-state index contributed by atoms with van der Waals surface area (Å²) in [6.07, 6.45) is -0.940. The summed E-state index contributed by atoms with van der Waals surface area (Å²) in [5.41, 5.74) is 0.887. The van der Waals surface area contributed by atoms with Gasteiger partial charge in [-0.2, -0.15) is 0 Å². The third-order valence-corrected chi connectivity index (χ3v) is 3.92. The fraction of sp³-hybridized carbons (Fsp3) is 0.267. The standard InChI is InChI=1S/C15H14FNO3S/c1-8-14(21-10(3)17-8)15(19)20-9(2)13(18)11-4-6-12(16)7-5-11/h4-7,9H,1-3H3/t9-/m1/s1. The quantitative estimate of drug-likeness (QED) is 0.642. The Morgan fingerprint density at radius 2 is 1.86 bits per heavy atom. The van der Waals surface area contributed by atoms with Gasteiger partial charge in [-0.3, -0.25) is 4.79 Å². The fourth-order valence-electron chi connectivity index (χ4n) is 1.84. The zero-order valence-corrected chi connectivity index (χ0v) is 12.7. The second-order valence-electron chi connectivity index (χ2n) is 4.57. The predicted octanol–water partition coefficient (Wildman–Crippen LogP) is 3.33. The molecule has 0 saturated carbocycles. The van der Waals surface area contributed by atoms with Gasteiger partial charge in [0.15, 0.2) is 6.10 Å². The average Bonchev–Trinajstić information content (AvgIpc) is 2.77. The summed E-state index contributed by atoms with van der Waals surface area (Å²) in [6.45, 7) is 5.00. The number of aryl methyl sites for hydroxylation is 2. The molecule has 0 aliphatic carbocycles. The lowest BCUT2D eigenvalue weighted by Gasteiger charge is -2.11.